The lowest BCUT2D eigenvalue weighted by Crippen LogP contribution is -2.41. The molecular weight excluding hydrogens is 510 g/mol. The van der Waals surface area contributed by atoms with Gasteiger partial charge in [-0.1, -0.05) is 24.3 Å². The number of nitrogens with one attached hydrogen (secondary N) is 1. The highest BCUT2D eigenvalue weighted by Gasteiger charge is 2.24. The molecule has 1 aliphatic rings. The van der Waals surface area contributed by atoms with Crippen LogP contribution in [0.25, 0.3) is 11.1 Å². The first-order chi connectivity index (χ1) is 18.3. The molecule has 0 radical (unpaired) electrons. The van der Waals surface area contributed by atoms with Crippen LogP contribution in [-0.4, -0.2) is 54.3 Å². The van der Waals surface area contributed by atoms with E-state index in [1.807, 2.05) is 6.07 Å². The van der Waals surface area contributed by atoms with Crippen LogP contribution < -0.4 is 10.1 Å². The maximum absolute atomic E-state index is 13.8. The Hall–Kier alpha value is -3.43. The predicted molar refractivity (Wildman–Crippen MR) is 143 cm³/mol. The van der Waals surface area contributed by atoms with Gasteiger partial charge in [0.1, 0.15) is 18.9 Å². The van der Waals surface area contributed by atoms with E-state index in [9.17, 15) is 23.5 Å². The summed E-state index contributed by atoms with van der Waals surface area (Å²) in [5.41, 5.74) is 2.52. The van der Waals surface area contributed by atoms with E-state index in [-0.39, 0.29) is 25.0 Å². The zero-order chi connectivity index (χ0) is 27.1. The van der Waals surface area contributed by atoms with Gasteiger partial charge in [-0.25, -0.2) is 8.78 Å². The van der Waals surface area contributed by atoms with Crippen LogP contribution in [0, 0.1) is 17.6 Å². The number of ether oxygens (including phenoxy) is 1. The molecule has 1 aliphatic heterocycles. The van der Waals surface area contributed by atoms with E-state index in [1.54, 1.807) is 48.7 Å². The van der Waals surface area contributed by atoms with Gasteiger partial charge in [-0.2, -0.15) is 0 Å². The van der Waals surface area contributed by atoms with Crippen LogP contribution in [0.2, 0.25) is 0 Å². The van der Waals surface area contributed by atoms with Crippen LogP contribution in [0.1, 0.15) is 28.8 Å². The molecule has 0 atom stereocenters. The van der Waals surface area contributed by atoms with Gasteiger partial charge in [0.25, 0.3) is 5.91 Å². The Morgan fingerprint density at radius 3 is 2.45 bits per heavy atom. The number of amides is 1. The Balaban J connectivity index is 1.42. The summed E-state index contributed by atoms with van der Waals surface area (Å²) in [7, 11) is 0. The standard InChI is InChI=1S/C29H30F2N2O4S/c1-38-27-15-26(31)25(30)14-24(27)21-5-7-23(8-6-21)37-18-20-3-2-4-22(13-20)29(36)33(17-28(34)35)16-19-9-11-32-12-10-19/h2-8,13-15,19,32H,9-12,16-18H2,1H3,(H,34,35). The number of hydrogen-bond acceptors (Lipinski definition) is 5. The van der Waals surface area contributed by atoms with Gasteiger partial charge in [-0.3, -0.25) is 9.59 Å². The summed E-state index contributed by atoms with van der Waals surface area (Å²) in [4.78, 5) is 26.7. The van der Waals surface area contributed by atoms with Gasteiger partial charge in [0.2, 0.25) is 0 Å². The molecule has 9 heteroatoms. The zero-order valence-electron chi connectivity index (χ0n) is 21.1. The van der Waals surface area contributed by atoms with Crippen LogP contribution in [0.3, 0.4) is 0 Å². The summed E-state index contributed by atoms with van der Waals surface area (Å²) in [6.07, 6.45) is 3.62. The maximum atomic E-state index is 13.8. The average Bonchev–Trinajstić information content (AvgIpc) is 2.93. The van der Waals surface area contributed by atoms with Gasteiger partial charge in [-0.05, 0) is 91.2 Å². The molecule has 0 bridgehead atoms. The van der Waals surface area contributed by atoms with Gasteiger partial charge in [-0.15, -0.1) is 11.8 Å². The summed E-state index contributed by atoms with van der Waals surface area (Å²) in [5, 5.41) is 12.6. The fourth-order valence-corrected chi connectivity index (χ4v) is 5.17. The molecule has 3 aromatic rings. The van der Waals surface area contributed by atoms with Crippen molar-refractivity contribution in [1.82, 2.24) is 10.2 Å². The first-order valence-corrected chi connectivity index (χ1v) is 13.6. The summed E-state index contributed by atoms with van der Waals surface area (Å²) in [6.45, 7) is 2.01. The number of thioether (sulfide) groups is 1. The van der Waals surface area contributed by atoms with Crippen molar-refractivity contribution < 1.29 is 28.2 Å². The number of carbonyl (C=O) groups excluding carboxylic acids is 1. The van der Waals surface area contributed by atoms with Crippen LogP contribution >= 0.6 is 11.8 Å². The van der Waals surface area contributed by atoms with Crippen molar-refractivity contribution in [3.05, 3.63) is 83.4 Å². The second-order valence-corrected chi connectivity index (χ2v) is 10.1. The van der Waals surface area contributed by atoms with Crippen molar-refractivity contribution in [2.75, 3.05) is 32.4 Å². The Morgan fingerprint density at radius 1 is 1.05 bits per heavy atom. The first kappa shape index (κ1) is 27.6. The van der Waals surface area contributed by atoms with Crippen molar-refractivity contribution in [3.63, 3.8) is 0 Å². The summed E-state index contributed by atoms with van der Waals surface area (Å²) in [6, 6.07) is 16.5. The molecule has 1 saturated heterocycles. The predicted octanol–water partition coefficient (Wildman–Crippen LogP) is 5.46. The molecule has 0 saturated carbocycles. The molecule has 0 unspecified atom stereocenters. The van der Waals surface area contributed by atoms with Crippen LogP contribution in [-0.2, 0) is 11.4 Å². The van der Waals surface area contributed by atoms with E-state index in [2.05, 4.69) is 5.32 Å². The van der Waals surface area contributed by atoms with Gasteiger partial charge in [0, 0.05) is 17.0 Å². The number of rotatable bonds is 10. The van der Waals surface area contributed by atoms with Crippen LogP contribution in [0.15, 0.2) is 65.6 Å². The number of piperidine rings is 1. The molecule has 6 nitrogen and oxygen atoms in total. The number of nitrogens with zero attached hydrogens (tertiary/aromatic N) is 1. The first-order valence-electron chi connectivity index (χ1n) is 12.4. The third kappa shape index (κ3) is 7.11. The molecular formula is C29H30F2N2O4S. The lowest BCUT2D eigenvalue weighted by Gasteiger charge is -2.29. The molecule has 0 spiro atoms. The van der Waals surface area contributed by atoms with Crippen LogP contribution in [0.4, 0.5) is 8.78 Å². The molecule has 38 heavy (non-hydrogen) atoms. The van der Waals surface area contributed by atoms with E-state index in [0.29, 0.717) is 28.3 Å². The highest BCUT2D eigenvalue weighted by Crippen LogP contribution is 2.33. The van der Waals surface area contributed by atoms with Crippen LogP contribution in [0.5, 0.6) is 5.75 Å². The quantitative estimate of drug-likeness (QED) is 0.333. The smallest absolute Gasteiger partial charge is 0.323 e. The van der Waals surface area contributed by atoms with E-state index >= 15 is 0 Å². The van der Waals surface area contributed by atoms with E-state index in [4.69, 9.17) is 4.74 Å². The van der Waals surface area contributed by atoms with Gasteiger partial charge in [0.05, 0.1) is 0 Å². The van der Waals surface area contributed by atoms with Gasteiger partial charge >= 0.3 is 5.97 Å². The van der Waals surface area contributed by atoms with Crippen molar-refractivity contribution in [2.45, 2.75) is 24.3 Å². The topological polar surface area (TPSA) is 78.9 Å². The number of carbonyl (C=O) groups is 2. The number of carboxylic acid groups (broad SMARTS) is 1. The van der Waals surface area contributed by atoms with Gasteiger partial charge in [0.15, 0.2) is 11.6 Å². The Labute approximate surface area is 225 Å². The molecule has 4 rings (SSSR count). The molecule has 2 N–H and O–H groups in total. The molecule has 0 aliphatic carbocycles. The van der Waals surface area contributed by atoms with Crippen molar-refractivity contribution in [1.29, 1.82) is 0 Å². The Morgan fingerprint density at radius 2 is 1.76 bits per heavy atom. The van der Waals surface area contributed by atoms with Crippen molar-refractivity contribution >= 4 is 23.6 Å². The third-order valence-corrected chi connectivity index (χ3v) is 7.32. The Bertz CT molecular complexity index is 1280. The SMILES string of the molecule is CSc1cc(F)c(F)cc1-c1ccc(OCc2cccc(C(=O)N(CC(=O)O)CC3CCNCC3)c2)cc1. The number of halogens is 2. The normalized spacial score (nSPS) is 13.8. The number of aliphatic carboxylic acids is 1. The maximum Gasteiger partial charge on any atom is 0.323 e. The molecule has 0 aromatic heterocycles. The lowest BCUT2D eigenvalue weighted by atomic mass is 9.97. The lowest BCUT2D eigenvalue weighted by molar-refractivity contribution is -0.137. The van der Waals surface area contributed by atoms with Gasteiger partial charge < -0.3 is 20.1 Å². The Kier molecular flexibility index (Phi) is 9.36. The summed E-state index contributed by atoms with van der Waals surface area (Å²) >= 11 is 1.34. The number of carboxylic acids is 1. The third-order valence-electron chi connectivity index (χ3n) is 6.54. The fourth-order valence-electron chi connectivity index (χ4n) is 4.56. The largest absolute Gasteiger partial charge is 0.489 e. The summed E-state index contributed by atoms with van der Waals surface area (Å²) in [5.74, 6) is -2.28. The minimum Gasteiger partial charge on any atom is -0.489 e. The summed E-state index contributed by atoms with van der Waals surface area (Å²) < 4.78 is 33.3. The highest BCUT2D eigenvalue weighted by molar-refractivity contribution is 7.98. The molecule has 1 heterocycles. The number of benzene rings is 3. The molecule has 200 valence electrons. The highest BCUT2D eigenvalue weighted by atomic mass is 32.2. The second-order valence-electron chi connectivity index (χ2n) is 9.25. The average molecular weight is 541 g/mol. The van der Waals surface area contributed by atoms with E-state index in [1.165, 1.54) is 28.8 Å². The fraction of sp³-hybridized carbons (Fsp3) is 0.310. The molecule has 1 fully saturated rings. The molecule has 1 amide bonds. The minimum absolute atomic E-state index is 0.203. The monoisotopic (exact) mass is 540 g/mol. The minimum atomic E-state index is -1.04. The van der Waals surface area contributed by atoms with E-state index in [0.717, 1.165) is 37.1 Å². The second kappa shape index (κ2) is 12.9. The van der Waals surface area contributed by atoms with E-state index < -0.39 is 17.6 Å². The molecule has 3 aromatic carbocycles. The van der Waals surface area contributed by atoms with Crippen molar-refractivity contribution in [3.8, 4) is 16.9 Å². The zero-order valence-corrected chi connectivity index (χ0v) is 21.9. The van der Waals surface area contributed by atoms with Crippen molar-refractivity contribution in [2.24, 2.45) is 5.92 Å². The number of hydrogen-bond donors (Lipinski definition) is 2.